The lowest BCUT2D eigenvalue weighted by atomic mass is 9.98. The Bertz CT molecular complexity index is 742. The number of aliphatic carboxylic acids is 3. The number of carbonyl (C=O) groups excluding carboxylic acids is 3. The third-order valence-electron chi connectivity index (χ3n) is 4.90. The average Bonchev–Trinajstić information content (AvgIpc) is 2.71. The van der Waals surface area contributed by atoms with Gasteiger partial charge < -0.3 is 42.1 Å². The molecule has 0 fully saturated rings. The molecule has 0 spiro atoms. The van der Waals surface area contributed by atoms with Crippen LogP contribution in [-0.4, -0.2) is 86.3 Å². The summed E-state index contributed by atoms with van der Waals surface area (Å²) in [5, 5.41) is 43.0. The number of amides is 3. The van der Waals surface area contributed by atoms with Gasteiger partial charge in [-0.1, -0.05) is 20.3 Å². The summed E-state index contributed by atoms with van der Waals surface area (Å²) < 4.78 is 0. The van der Waals surface area contributed by atoms with E-state index in [1.165, 1.54) is 0 Å². The van der Waals surface area contributed by atoms with Crippen LogP contribution in [-0.2, 0) is 28.8 Å². The molecule has 6 unspecified atom stereocenters. The molecule has 0 saturated heterocycles. The predicted octanol–water partition coefficient (Wildman–Crippen LogP) is -2.38. The number of aliphatic hydroxyl groups excluding tert-OH is 1. The van der Waals surface area contributed by atoms with Crippen molar-refractivity contribution in [3.05, 3.63) is 0 Å². The summed E-state index contributed by atoms with van der Waals surface area (Å²) in [6, 6.07) is -5.96. The van der Waals surface area contributed by atoms with Gasteiger partial charge >= 0.3 is 17.9 Å². The zero-order valence-electron chi connectivity index (χ0n) is 18.6. The van der Waals surface area contributed by atoms with E-state index in [-0.39, 0.29) is 12.3 Å². The van der Waals surface area contributed by atoms with Gasteiger partial charge in [0.25, 0.3) is 0 Å². The van der Waals surface area contributed by atoms with E-state index < -0.39 is 78.7 Å². The van der Waals surface area contributed by atoms with E-state index in [4.69, 9.17) is 21.1 Å². The van der Waals surface area contributed by atoms with E-state index in [0.717, 1.165) is 6.92 Å². The highest BCUT2D eigenvalue weighted by molar-refractivity contribution is 5.95. The summed E-state index contributed by atoms with van der Waals surface area (Å²) >= 11 is 0. The van der Waals surface area contributed by atoms with Crippen LogP contribution in [0.4, 0.5) is 0 Å². The normalized spacial score (nSPS) is 16.3. The molecule has 0 aromatic rings. The maximum Gasteiger partial charge on any atom is 0.326 e. The van der Waals surface area contributed by atoms with E-state index in [9.17, 15) is 33.9 Å². The van der Waals surface area contributed by atoms with Gasteiger partial charge in [-0.15, -0.1) is 0 Å². The zero-order chi connectivity index (χ0) is 25.9. The third kappa shape index (κ3) is 10.7. The smallest absolute Gasteiger partial charge is 0.326 e. The van der Waals surface area contributed by atoms with Gasteiger partial charge in [0, 0.05) is 6.42 Å². The SMILES string of the molecule is CCC(C)C(N)C(=O)NC(CCC(=O)O)C(=O)NC(C(=O)NC(CC(=O)O)C(=O)O)C(C)O. The fourth-order valence-corrected chi connectivity index (χ4v) is 2.61. The monoisotopic (exact) mass is 476 g/mol. The van der Waals surface area contributed by atoms with Gasteiger partial charge in [0.1, 0.15) is 18.1 Å². The van der Waals surface area contributed by atoms with Crippen molar-refractivity contribution >= 4 is 35.6 Å². The van der Waals surface area contributed by atoms with Crippen LogP contribution in [0.15, 0.2) is 0 Å². The number of nitrogens with two attached hydrogens (primary N) is 1. The van der Waals surface area contributed by atoms with Gasteiger partial charge in [0.05, 0.1) is 18.6 Å². The van der Waals surface area contributed by atoms with Crippen LogP contribution in [0.5, 0.6) is 0 Å². The fraction of sp³-hybridized carbons (Fsp3) is 0.684. The molecule has 188 valence electrons. The second kappa shape index (κ2) is 14.0. The average molecular weight is 476 g/mol. The molecule has 0 aliphatic heterocycles. The Kier molecular flexibility index (Phi) is 12.6. The highest BCUT2D eigenvalue weighted by Gasteiger charge is 2.33. The van der Waals surface area contributed by atoms with Gasteiger partial charge in [0.2, 0.25) is 17.7 Å². The Morgan fingerprint density at radius 2 is 1.36 bits per heavy atom. The Morgan fingerprint density at radius 3 is 1.79 bits per heavy atom. The minimum Gasteiger partial charge on any atom is -0.481 e. The summed E-state index contributed by atoms with van der Waals surface area (Å²) in [5.74, 6) is -7.58. The molecule has 0 bridgehead atoms. The van der Waals surface area contributed by atoms with Crippen LogP contribution in [0.25, 0.3) is 0 Å². The van der Waals surface area contributed by atoms with Crippen molar-refractivity contribution in [1.82, 2.24) is 16.0 Å². The lowest BCUT2D eigenvalue weighted by molar-refractivity contribution is -0.148. The zero-order valence-corrected chi connectivity index (χ0v) is 18.6. The minimum absolute atomic E-state index is 0.244. The molecule has 0 saturated carbocycles. The maximum absolute atomic E-state index is 12.7. The lowest BCUT2D eigenvalue weighted by Crippen LogP contribution is -2.60. The van der Waals surface area contributed by atoms with Gasteiger partial charge in [-0.3, -0.25) is 24.0 Å². The van der Waals surface area contributed by atoms with Crippen LogP contribution in [0.3, 0.4) is 0 Å². The van der Waals surface area contributed by atoms with Crippen LogP contribution in [0.2, 0.25) is 0 Å². The first-order valence-corrected chi connectivity index (χ1v) is 10.2. The second-order valence-corrected chi connectivity index (χ2v) is 7.63. The molecule has 33 heavy (non-hydrogen) atoms. The summed E-state index contributed by atoms with van der Waals surface area (Å²) in [6.45, 7) is 4.62. The lowest BCUT2D eigenvalue weighted by Gasteiger charge is -2.27. The molecule has 0 rings (SSSR count). The molecule has 0 heterocycles. The van der Waals surface area contributed by atoms with Crippen molar-refractivity contribution in [1.29, 1.82) is 0 Å². The number of nitrogens with one attached hydrogen (secondary N) is 3. The van der Waals surface area contributed by atoms with Gasteiger partial charge in [0.15, 0.2) is 0 Å². The highest BCUT2D eigenvalue weighted by atomic mass is 16.4. The fourth-order valence-electron chi connectivity index (χ4n) is 2.61. The van der Waals surface area contributed by atoms with Crippen LogP contribution in [0, 0.1) is 5.92 Å². The van der Waals surface area contributed by atoms with Crippen molar-refractivity contribution in [2.24, 2.45) is 11.7 Å². The van der Waals surface area contributed by atoms with Crippen molar-refractivity contribution in [3.63, 3.8) is 0 Å². The first kappa shape index (κ1) is 29.7. The molecule has 6 atom stereocenters. The third-order valence-corrected chi connectivity index (χ3v) is 4.90. The van der Waals surface area contributed by atoms with Crippen molar-refractivity contribution in [2.45, 2.75) is 76.7 Å². The number of carbonyl (C=O) groups is 6. The molecular formula is C19H32N4O10. The van der Waals surface area contributed by atoms with Crippen LogP contribution < -0.4 is 21.7 Å². The topological polar surface area (TPSA) is 245 Å². The van der Waals surface area contributed by atoms with E-state index >= 15 is 0 Å². The van der Waals surface area contributed by atoms with E-state index in [1.54, 1.807) is 13.8 Å². The molecule has 3 amide bonds. The number of hydrogen-bond acceptors (Lipinski definition) is 8. The van der Waals surface area contributed by atoms with Gasteiger partial charge in [-0.05, 0) is 19.3 Å². The standard InChI is InChI=1S/C19H32N4O10/c1-4-8(2)14(20)17(30)21-10(5-6-12(25)26)16(29)23-15(9(3)24)18(31)22-11(19(32)33)7-13(27)28/h8-11,14-15,24H,4-7,20H2,1-3H3,(H,21,30)(H,22,31)(H,23,29)(H,25,26)(H,27,28)(H,32,33). The quantitative estimate of drug-likeness (QED) is 0.124. The van der Waals surface area contributed by atoms with E-state index in [0.29, 0.717) is 6.42 Å². The largest absolute Gasteiger partial charge is 0.481 e. The first-order chi connectivity index (χ1) is 15.2. The van der Waals surface area contributed by atoms with E-state index in [2.05, 4.69) is 10.6 Å². The molecule has 0 radical (unpaired) electrons. The molecule has 0 aliphatic carbocycles. The van der Waals surface area contributed by atoms with Crippen molar-refractivity contribution in [3.8, 4) is 0 Å². The van der Waals surface area contributed by atoms with Crippen molar-refractivity contribution in [2.75, 3.05) is 0 Å². The van der Waals surface area contributed by atoms with Crippen LogP contribution >= 0.6 is 0 Å². The number of aliphatic hydroxyl groups is 1. The maximum atomic E-state index is 12.7. The summed E-state index contributed by atoms with van der Waals surface area (Å²) in [6.07, 6.45) is -2.81. The molecule has 0 aromatic heterocycles. The van der Waals surface area contributed by atoms with Crippen molar-refractivity contribution < 1.29 is 49.2 Å². The minimum atomic E-state index is -1.83. The molecule has 14 nitrogen and oxygen atoms in total. The van der Waals surface area contributed by atoms with Crippen LogP contribution in [0.1, 0.15) is 46.5 Å². The summed E-state index contributed by atoms with van der Waals surface area (Å²) in [5.41, 5.74) is 5.83. The second-order valence-electron chi connectivity index (χ2n) is 7.63. The Hall–Kier alpha value is -3.26. The predicted molar refractivity (Wildman–Crippen MR) is 112 cm³/mol. The number of hydrogen-bond donors (Lipinski definition) is 8. The van der Waals surface area contributed by atoms with Gasteiger partial charge in [-0.25, -0.2) is 4.79 Å². The number of carboxylic acid groups (broad SMARTS) is 3. The Morgan fingerprint density at radius 1 is 0.818 bits per heavy atom. The molecule has 0 aliphatic rings. The van der Waals surface area contributed by atoms with E-state index in [1.807, 2.05) is 5.32 Å². The summed E-state index contributed by atoms with van der Waals surface area (Å²) in [4.78, 5) is 70.4. The molecule has 9 N–H and O–H groups in total. The number of carboxylic acids is 3. The number of rotatable bonds is 15. The molecule has 0 aromatic carbocycles. The summed E-state index contributed by atoms with van der Waals surface area (Å²) in [7, 11) is 0. The molecule has 14 heteroatoms. The Balaban J connectivity index is 5.54. The first-order valence-electron chi connectivity index (χ1n) is 10.2. The van der Waals surface area contributed by atoms with Gasteiger partial charge in [-0.2, -0.15) is 0 Å². The molecular weight excluding hydrogens is 444 g/mol. The Labute approximate surface area is 189 Å². The highest BCUT2D eigenvalue weighted by Crippen LogP contribution is 2.08.